The normalized spacial score (nSPS) is 20.6. The molecule has 0 radical (unpaired) electrons. The summed E-state index contributed by atoms with van der Waals surface area (Å²) in [5.74, 6) is -1.07. The third kappa shape index (κ3) is 2.38. The molecule has 0 bridgehead atoms. The monoisotopic (exact) mass is 282 g/mol. The second-order valence-electron chi connectivity index (χ2n) is 5.60. The van der Waals surface area contributed by atoms with Gasteiger partial charge in [0.25, 0.3) is 0 Å². The van der Waals surface area contributed by atoms with Crippen molar-refractivity contribution in [2.24, 2.45) is 0 Å². The lowest BCUT2D eigenvalue weighted by molar-refractivity contribution is 0.00578. The van der Waals surface area contributed by atoms with Gasteiger partial charge in [-0.05, 0) is 33.8 Å². The van der Waals surface area contributed by atoms with Crippen molar-refractivity contribution in [3.8, 4) is 0 Å². The van der Waals surface area contributed by atoms with E-state index < -0.39 is 24.3 Å². The first-order chi connectivity index (χ1) is 8.66. The Morgan fingerprint density at radius 3 is 2.21 bits per heavy atom. The lowest BCUT2D eigenvalue weighted by Crippen LogP contribution is -2.41. The molecule has 1 saturated heterocycles. The van der Waals surface area contributed by atoms with E-state index in [2.05, 4.69) is 0 Å². The number of benzene rings is 1. The second-order valence-corrected chi connectivity index (χ2v) is 5.98. The standard InChI is InChI=1S/C13H16BClO4/c1-12(2)13(3,4)19-14(18-12)9-7-5-6-8(10(9)15)11(16)17/h5-7H,1-4H3,(H,16,17). The number of rotatable bonds is 2. The van der Waals surface area contributed by atoms with E-state index in [1.807, 2.05) is 27.7 Å². The van der Waals surface area contributed by atoms with Gasteiger partial charge in [-0.15, -0.1) is 0 Å². The van der Waals surface area contributed by atoms with Gasteiger partial charge < -0.3 is 14.4 Å². The molecular formula is C13H16BClO4. The average molecular weight is 283 g/mol. The molecule has 1 aromatic rings. The number of aromatic carboxylic acids is 1. The first-order valence-electron chi connectivity index (χ1n) is 6.03. The molecule has 4 nitrogen and oxygen atoms in total. The largest absolute Gasteiger partial charge is 0.496 e. The van der Waals surface area contributed by atoms with Crippen molar-refractivity contribution in [3.63, 3.8) is 0 Å². The van der Waals surface area contributed by atoms with E-state index >= 15 is 0 Å². The van der Waals surface area contributed by atoms with Crippen LogP contribution in [-0.2, 0) is 9.31 Å². The lowest BCUT2D eigenvalue weighted by Gasteiger charge is -2.32. The topological polar surface area (TPSA) is 55.8 Å². The summed E-state index contributed by atoms with van der Waals surface area (Å²) in [5.41, 5.74) is -0.380. The van der Waals surface area contributed by atoms with Crippen LogP contribution < -0.4 is 5.46 Å². The Morgan fingerprint density at radius 1 is 1.21 bits per heavy atom. The molecule has 0 amide bonds. The van der Waals surface area contributed by atoms with Crippen LogP contribution in [0.4, 0.5) is 0 Å². The van der Waals surface area contributed by atoms with Gasteiger partial charge in [-0.1, -0.05) is 23.7 Å². The summed E-state index contributed by atoms with van der Waals surface area (Å²) in [6.45, 7) is 7.73. The highest BCUT2D eigenvalue weighted by Crippen LogP contribution is 2.37. The van der Waals surface area contributed by atoms with Crippen LogP contribution in [-0.4, -0.2) is 29.4 Å². The maximum absolute atomic E-state index is 11.1. The molecule has 0 aromatic heterocycles. The number of hydrogen-bond acceptors (Lipinski definition) is 3. The number of carboxylic acid groups (broad SMARTS) is 1. The molecule has 1 heterocycles. The van der Waals surface area contributed by atoms with Crippen molar-refractivity contribution >= 4 is 30.2 Å². The van der Waals surface area contributed by atoms with Crippen molar-refractivity contribution in [2.75, 3.05) is 0 Å². The smallest absolute Gasteiger partial charge is 0.478 e. The average Bonchev–Trinajstić information content (AvgIpc) is 2.47. The van der Waals surface area contributed by atoms with Crippen LogP contribution in [0.5, 0.6) is 0 Å². The van der Waals surface area contributed by atoms with Gasteiger partial charge in [-0.25, -0.2) is 4.79 Å². The third-order valence-corrected chi connectivity index (χ3v) is 4.19. The van der Waals surface area contributed by atoms with E-state index in [0.29, 0.717) is 5.46 Å². The van der Waals surface area contributed by atoms with Gasteiger partial charge in [0.05, 0.1) is 21.8 Å². The van der Waals surface area contributed by atoms with Gasteiger partial charge in [0.2, 0.25) is 0 Å². The van der Waals surface area contributed by atoms with Gasteiger partial charge in [0.15, 0.2) is 0 Å². The minimum atomic E-state index is -1.07. The molecule has 0 atom stereocenters. The number of carbonyl (C=O) groups is 1. The summed E-state index contributed by atoms with van der Waals surface area (Å²) in [6.07, 6.45) is 0. The first-order valence-corrected chi connectivity index (χ1v) is 6.41. The maximum atomic E-state index is 11.1. The van der Waals surface area contributed by atoms with Gasteiger partial charge in [-0.3, -0.25) is 0 Å². The Kier molecular flexibility index (Phi) is 3.41. The predicted octanol–water partition coefficient (Wildman–Crippen LogP) is 2.34. The molecule has 2 rings (SSSR count). The fourth-order valence-corrected chi connectivity index (χ4v) is 2.16. The maximum Gasteiger partial charge on any atom is 0.496 e. The Morgan fingerprint density at radius 2 is 1.74 bits per heavy atom. The van der Waals surface area contributed by atoms with Crippen LogP contribution in [0.2, 0.25) is 5.02 Å². The zero-order valence-electron chi connectivity index (χ0n) is 11.4. The molecule has 0 saturated carbocycles. The van der Waals surface area contributed by atoms with E-state index in [4.69, 9.17) is 26.0 Å². The molecule has 1 aliphatic heterocycles. The van der Waals surface area contributed by atoms with Crippen molar-refractivity contribution in [1.29, 1.82) is 0 Å². The van der Waals surface area contributed by atoms with Crippen molar-refractivity contribution in [3.05, 3.63) is 28.8 Å². The molecule has 1 fully saturated rings. The molecule has 1 N–H and O–H groups in total. The van der Waals surface area contributed by atoms with E-state index in [1.165, 1.54) is 6.07 Å². The predicted molar refractivity (Wildman–Crippen MR) is 74.1 cm³/mol. The summed E-state index contributed by atoms with van der Waals surface area (Å²) >= 11 is 6.13. The van der Waals surface area contributed by atoms with Crippen LogP contribution in [0.1, 0.15) is 38.1 Å². The molecule has 0 aliphatic carbocycles. The van der Waals surface area contributed by atoms with Gasteiger partial charge in [0.1, 0.15) is 0 Å². The molecule has 6 heteroatoms. The summed E-state index contributed by atoms with van der Waals surface area (Å²) < 4.78 is 11.7. The van der Waals surface area contributed by atoms with E-state index in [0.717, 1.165) is 0 Å². The zero-order valence-corrected chi connectivity index (χ0v) is 12.1. The minimum absolute atomic E-state index is 0.0499. The second kappa shape index (κ2) is 4.51. The highest BCUT2D eigenvalue weighted by molar-refractivity contribution is 6.66. The highest BCUT2D eigenvalue weighted by Gasteiger charge is 2.52. The van der Waals surface area contributed by atoms with E-state index in [-0.39, 0.29) is 10.6 Å². The van der Waals surface area contributed by atoms with Crippen LogP contribution in [0.3, 0.4) is 0 Å². The Balaban J connectivity index is 2.40. The first kappa shape index (κ1) is 14.4. The zero-order chi connectivity index (χ0) is 14.4. The Labute approximate surface area is 117 Å². The van der Waals surface area contributed by atoms with Crippen LogP contribution in [0, 0.1) is 0 Å². The summed E-state index contributed by atoms with van der Waals surface area (Å²) in [4.78, 5) is 11.1. The molecule has 102 valence electrons. The Bertz CT molecular complexity index is 511. The fourth-order valence-electron chi connectivity index (χ4n) is 1.87. The molecule has 1 aromatic carbocycles. The SMILES string of the molecule is CC1(C)OB(c2cccc(C(=O)O)c2Cl)OC1(C)C. The molecule has 0 unspecified atom stereocenters. The van der Waals surface area contributed by atoms with Crippen molar-refractivity contribution in [2.45, 2.75) is 38.9 Å². The number of carboxylic acids is 1. The molecule has 19 heavy (non-hydrogen) atoms. The fraction of sp³-hybridized carbons (Fsp3) is 0.462. The summed E-state index contributed by atoms with van der Waals surface area (Å²) in [7, 11) is -0.656. The van der Waals surface area contributed by atoms with Crippen molar-refractivity contribution < 1.29 is 19.2 Å². The summed E-state index contributed by atoms with van der Waals surface area (Å²) in [5, 5.41) is 9.23. The third-order valence-electron chi connectivity index (χ3n) is 3.77. The number of halogens is 1. The van der Waals surface area contributed by atoms with Gasteiger partial charge in [-0.2, -0.15) is 0 Å². The molecular weight excluding hydrogens is 266 g/mol. The van der Waals surface area contributed by atoms with Gasteiger partial charge >= 0.3 is 13.1 Å². The lowest BCUT2D eigenvalue weighted by atomic mass is 9.78. The number of hydrogen-bond donors (Lipinski definition) is 1. The van der Waals surface area contributed by atoms with Gasteiger partial charge in [0, 0.05) is 5.46 Å². The minimum Gasteiger partial charge on any atom is -0.478 e. The molecule has 1 aliphatic rings. The summed E-state index contributed by atoms with van der Waals surface area (Å²) in [6, 6.07) is 4.81. The highest BCUT2D eigenvalue weighted by atomic mass is 35.5. The van der Waals surface area contributed by atoms with E-state index in [1.54, 1.807) is 12.1 Å². The Hall–Kier alpha value is -1.04. The van der Waals surface area contributed by atoms with Crippen LogP contribution in [0.25, 0.3) is 0 Å². The van der Waals surface area contributed by atoms with E-state index in [9.17, 15) is 4.79 Å². The molecule has 0 spiro atoms. The quantitative estimate of drug-likeness (QED) is 0.846. The van der Waals surface area contributed by atoms with Crippen LogP contribution in [0.15, 0.2) is 18.2 Å². The van der Waals surface area contributed by atoms with Crippen molar-refractivity contribution in [1.82, 2.24) is 0 Å². The van der Waals surface area contributed by atoms with Crippen LogP contribution >= 0.6 is 11.6 Å².